The lowest BCUT2D eigenvalue weighted by Crippen LogP contribution is -2.26. The third-order valence-electron chi connectivity index (χ3n) is 6.33. The molecule has 0 bridgehead atoms. The Morgan fingerprint density at radius 3 is 2.44 bits per heavy atom. The first-order valence-electron chi connectivity index (χ1n) is 12.8. The van der Waals surface area contributed by atoms with Crippen LogP contribution in [-0.2, 0) is 11.3 Å². The van der Waals surface area contributed by atoms with E-state index < -0.39 is 5.97 Å². The van der Waals surface area contributed by atoms with E-state index in [1.165, 1.54) is 0 Å². The van der Waals surface area contributed by atoms with Crippen LogP contribution in [0.25, 0.3) is 11.0 Å². The largest absolute Gasteiger partial charge is 0.481 e. The summed E-state index contributed by atoms with van der Waals surface area (Å²) in [6.45, 7) is 2.51. The zero-order chi connectivity index (χ0) is 28.9. The Balaban J connectivity index is 1.42. The molecule has 0 spiro atoms. The summed E-state index contributed by atoms with van der Waals surface area (Å²) in [7, 11) is 0. The molecule has 0 radical (unpaired) electrons. The van der Waals surface area contributed by atoms with Gasteiger partial charge in [0.05, 0.1) is 29.0 Å². The van der Waals surface area contributed by atoms with Gasteiger partial charge in [-0.3, -0.25) is 9.59 Å². The number of ether oxygens (including phenoxy) is 1. The highest BCUT2D eigenvalue weighted by molar-refractivity contribution is 6.32. The fraction of sp³-hybridized carbons (Fsp3) is 0.129. The number of hydrogen-bond acceptors (Lipinski definition) is 5. The Bertz CT molecular complexity index is 1700. The molecule has 0 aliphatic rings. The van der Waals surface area contributed by atoms with E-state index in [0.717, 1.165) is 27.8 Å². The Kier molecular flexibility index (Phi) is 8.42. The zero-order valence-electron chi connectivity index (χ0n) is 22.0. The minimum Gasteiger partial charge on any atom is -0.481 e. The number of carbonyl (C=O) groups excluding carboxylic acids is 1. The predicted octanol–water partition coefficient (Wildman–Crippen LogP) is 7.51. The maximum Gasteiger partial charge on any atom is 0.305 e. The van der Waals surface area contributed by atoms with Crippen LogP contribution in [0.15, 0.2) is 84.9 Å². The summed E-state index contributed by atoms with van der Waals surface area (Å²) in [5, 5.41) is 12.4. The number of carboxylic acids is 1. The van der Waals surface area contributed by atoms with Crippen molar-refractivity contribution in [3.8, 4) is 11.5 Å². The maximum absolute atomic E-state index is 12.4. The van der Waals surface area contributed by atoms with Crippen LogP contribution in [0.1, 0.15) is 27.9 Å². The average molecular weight is 589 g/mol. The number of aryl methyl sites for hydroxylation is 1. The first kappa shape index (κ1) is 28.0. The molecule has 1 amide bonds. The van der Waals surface area contributed by atoms with E-state index in [0.29, 0.717) is 39.6 Å². The van der Waals surface area contributed by atoms with Gasteiger partial charge in [0.15, 0.2) is 0 Å². The first-order chi connectivity index (χ1) is 19.7. The standard InChI is InChI=1S/C31H26Cl2N4O4/c1-19-2-12-26-27(16-19)36-31(35-26)37(18-20-3-5-21(6-4-20)30(40)34-15-14-29(38)39)23-9-13-28(25(33)17-23)41-24-10-7-22(32)8-11-24/h2-13,16-17H,14-15,18H2,1H3,(H,34,40)(H,35,36)(H,38,39). The topological polar surface area (TPSA) is 108 Å². The molecular formula is C31H26Cl2N4O4. The zero-order valence-corrected chi connectivity index (χ0v) is 23.5. The summed E-state index contributed by atoms with van der Waals surface area (Å²) in [6, 6.07) is 25.7. The number of carbonyl (C=O) groups is 2. The molecule has 0 unspecified atom stereocenters. The van der Waals surface area contributed by atoms with E-state index in [2.05, 4.69) is 10.3 Å². The second-order valence-electron chi connectivity index (χ2n) is 9.43. The Morgan fingerprint density at radius 1 is 0.976 bits per heavy atom. The number of nitrogens with zero attached hydrogens (tertiary/aromatic N) is 2. The molecule has 41 heavy (non-hydrogen) atoms. The highest BCUT2D eigenvalue weighted by Gasteiger charge is 2.17. The van der Waals surface area contributed by atoms with Crippen molar-refractivity contribution in [3.05, 3.63) is 112 Å². The first-order valence-corrected chi connectivity index (χ1v) is 13.6. The van der Waals surface area contributed by atoms with Gasteiger partial charge in [0, 0.05) is 22.8 Å². The normalized spacial score (nSPS) is 10.9. The summed E-state index contributed by atoms with van der Waals surface area (Å²) in [4.78, 5) is 33.3. The molecule has 3 N–H and O–H groups in total. The predicted molar refractivity (Wildman–Crippen MR) is 161 cm³/mol. The van der Waals surface area contributed by atoms with Gasteiger partial charge in [-0.1, -0.05) is 41.4 Å². The Hall–Kier alpha value is -4.53. The third kappa shape index (κ3) is 6.98. The van der Waals surface area contributed by atoms with E-state index >= 15 is 0 Å². The quantitative estimate of drug-likeness (QED) is 0.156. The number of halogens is 2. The van der Waals surface area contributed by atoms with Crippen LogP contribution in [0.5, 0.6) is 11.5 Å². The summed E-state index contributed by atoms with van der Waals surface area (Å²) in [6.07, 6.45) is -0.137. The molecule has 0 aliphatic heterocycles. The van der Waals surface area contributed by atoms with Crippen molar-refractivity contribution in [1.29, 1.82) is 0 Å². The molecule has 1 heterocycles. The lowest BCUT2D eigenvalue weighted by molar-refractivity contribution is -0.136. The summed E-state index contributed by atoms with van der Waals surface area (Å²) < 4.78 is 5.96. The van der Waals surface area contributed by atoms with Gasteiger partial charge in [-0.05, 0) is 84.8 Å². The number of anilines is 2. The molecule has 0 aliphatic carbocycles. The van der Waals surface area contributed by atoms with E-state index in [1.54, 1.807) is 42.5 Å². The van der Waals surface area contributed by atoms with Gasteiger partial charge in [0.2, 0.25) is 5.95 Å². The van der Waals surface area contributed by atoms with Crippen LogP contribution in [0.3, 0.4) is 0 Å². The summed E-state index contributed by atoms with van der Waals surface area (Å²) >= 11 is 12.7. The minimum atomic E-state index is -0.967. The molecule has 4 aromatic carbocycles. The van der Waals surface area contributed by atoms with Gasteiger partial charge in [-0.2, -0.15) is 0 Å². The number of nitrogens with one attached hydrogen (secondary N) is 2. The highest BCUT2D eigenvalue weighted by atomic mass is 35.5. The number of aromatic amines is 1. The maximum atomic E-state index is 12.4. The number of carboxylic acid groups (broad SMARTS) is 1. The number of rotatable bonds is 10. The molecule has 208 valence electrons. The fourth-order valence-electron chi connectivity index (χ4n) is 4.23. The number of hydrogen-bond donors (Lipinski definition) is 3. The van der Waals surface area contributed by atoms with E-state index in [4.69, 9.17) is 38.0 Å². The lowest BCUT2D eigenvalue weighted by Gasteiger charge is -2.23. The van der Waals surface area contributed by atoms with E-state index in [9.17, 15) is 9.59 Å². The molecule has 0 fully saturated rings. The third-order valence-corrected chi connectivity index (χ3v) is 6.88. The van der Waals surface area contributed by atoms with Gasteiger partial charge < -0.3 is 25.0 Å². The van der Waals surface area contributed by atoms with E-state index in [-0.39, 0.29) is 18.9 Å². The van der Waals surface area contributed by atoms with Crippen molar-refractivity contribution in [2.75, 3.05) is 11.4 Å². The van der Waals surface area contributed by atoms with Crippen LogP contribution in [-0.4, -0.2) is 33.5 Å². The molecule has 0 saturated heterocycles. The Morgan fingerprint density at radius 2 is 1.73 bits per heavy atom. The van der Waals surface area contributed by atoms with Crippen LogP contribution >= 0.6 is 23.2 Å². The molecular weight excluding hydrogens is 563 g/mol. The number of imidazole rings is 1. The monoisotopic (exact) mass is 588 g/mol. The van der Waals surface area contributed by atoms with Gasteiger partial charge in [0.1, 0.15) is 11.5 Å². The smallest absolute Gasteiger partial charge is 0.305 e. The molecule has 8 nitrogen and oxygen atoms in total. The van der Waals surface area contributed by atoms with Crippen molar-refractivity contribution < 1.29 is 19.4 Å². The van der Waals surface area contributed by atoms with Gasteiger partial charge >= 0.3 is 5.97 Å². The molecule has 1 aromatic heterocycles. The molecule has 0 atom stereocenters. The van der Waals surface area contributed by atoms with Crippen LogP contribution < -0.4 is 15.0 Å². The van der Waals surface area contributed by atoms with Crippen molar-refractivity contribution in [2.45, 2.75) is 19.9 Å². The second-order valence-corrected chi connectivity index (χ2v) is 10.3. The number of amides is 1. The van der Waals surface area contributed by atoms with Gasteiger partial charge in [0.25, 0.3) is 5.91 Å². The number of H-pyrrole nitrogens is 1. The number of fused-ring (bicyclic) bond motifs is 1. The lowest BCUT2D eigenvalue weighted by atomic mass is 10.1. The minimum absolute atomic E-state index is 0.0632. The van der Waals surface area contributed by atoms with Crippen molar-refractivity contribution in [2.24, 2.45) is 0 Å². The number of benzene rings is 4. The highest BCUT2D eigenvalue weighted by Crippen LogP contribution is 2.36. The van der Waals surface area contributed by atoms with Crippen molar-refractivity contribution >= 4 is 57.7 Å². The number of aliphatic carboxylic acids is 1. The molecule has 5 rings (SSSR count). The summed E-state index contributed by atoms with van der Waals surface area (Å²) in [5.41, 5.74) is 5.00. The van der Waals surface area contributed by atoms with Gasteiger partial charge in [-0.25, -0.2) is 4.98 Å². The molecule has 5 aromatic rings. The molecule has 10 heteroatoms. The van der Waals surface area contributed by atoms with E-state index in [1.807, 2.05) is 54.3 Å². The van der Waals surface area contributed by atoms with Gasteiger partial charge in [-0.15, -0.1) is 0 Å². The fourth-order valence-corrected chi connectivity index (χ4v) is 4.56. The SMILES string of the molecule is Cc1ccc2nc(N(Cc3ccc(C(=O)NCCC(=O)O)cc3)c3ccc(Oc4ccc(Cl)cc4)c(Cl)c3)[nH]c2c1. The average Bonchev–Trinajstić information content (AvgIpc) is 3.37. The molecule has 0 saturated carbocycles. The van der Waals surface area contributed by atoms with Crippen LogP contribution in [0, 0.1) is 6.92 Å². The van der Waals surface area contributed by atoms with Crippen LogP contribution in [0.2, 0.25) is 10.0 Å². The number of aromatic nitrogens is 2. The van der Waals surface area contributed by atoms with Crippen molar-refractivity contribution in [1.82, 2.24) is 15.3 Å². The van der Waals surface area contributed by atoms with Crippen LogP contribution in [0.4, 0.5) is 11.6 Å². The summed E-state index contributed by atoms with van der Waals surface area (Å²) in [5.74, 6) is 0.442. The van der Waals surface area contributed by atoms with Crippen molar-refractivity contribution in [3.63, 3.8) is 0 Å². The Labute approximate surface area is 246 Å². The second kappa shape index (κ2) is 12.3.